The van der Waals surface area contributed by atoms with Gasteiger partial charge in [-0.1, -0.05) is 37.1 Å². The SMILES string of the molecule is C=CCn1c(SCC(=O)c2cc(C)n(CC3CCCO3)c2C)nnc1C1CCCCC1. The lowest BCUT2D eigenvalue weighted by Gasteiger charge is -2.21. The summed E-state index contributed by atoms with van der Waals surface area (Å²) in [5, 5.41) is 9.78. The van der Waals surface area contributed by atoms with Crippen molar-refractivity contribution in [3.63, 3.8) is 0 Å². The molecule has 168 valence electrons. The van der Waals surface area contributed by atoms with Crippen molar-refractivity contribution in [1.29, 1.82) is 0 Å². The molecule has 4 rings (SSSR count). The molecule has 7 heteroatoms. The van der Waals surface area contributed by atoms with Crippen molar-refractivity contribution in [2.24, 2.45) is 0 Å². The predicted octanol–water partition coefficient (Wildman–Crippen LogP) is 5.08. The smallest absolute Gasteiger partial charge is 0.191 e. The predicted molar refractivity (Wildman–Crippen MR) is 124 cm³/mol. The quantitative estimate of drug-likeness (QED) is 0.308. The second-order valence-corrected chi connectivity index (χ2v) is 9.76. The first-order chi connectivity index (χ1) is 15.1. The van der Waals surface area contributed by atoms with Crippen molar-refractivity contribution in [2.75, 3.05) is 12.4 Å². The summed E-state index contributed by atoms with van der Waals surface area (Å²) in [6.45, 7) is 10.4. The minimum Gasteiger partial charge on any atom is -0.376 e. The number of nitrogens with zero attached hydrogens (tertiary/aromatic N) is 4. The number of ether oxygens (including phenoxy) is 1. The summed E-state index contributed by atoms with van der Waals surface area (Å²) in [6, 6.07) is 2.02. The molecule has 1 saturated carbocycles. The van der Waals surface area contributed by atoms with Crippen LogP contribution in [0.15, 0.2) is 23.9 Å². The summed E-state index contributed by atoms with van der Waals surface area (Å²) in [5.74, 6) is 2.04. The van der Waals surface area contributed by atoms with Crippen molar-refractivity contribution in [1.82, 2.24) is 19.3 Å². The maximum atomic E-state index is 13.1. The van der Waals surface area contributed by atoms with Gasteiger partial charge in [-0.05, 0) is 45.6 Å². The zero-order valence-electron chi connectivity index (χ0n) is 18.8. The molecule has 1 unspecified atom stereocenters. The number of allylic oxidation sites excluding steroid dienone is 1. The van der Waals surface area contributed by atoms with Crippen molar-refractivity contribution >= 4 is 17.5 Å². The molecule has 0 radical (unpaired) electrons. The number of carbonyl (C=O) groups excluding carboxylic acids is 1. The normalized spacial score (nSPS) is 19.7. The summed E-state index contributed by atoms with van der Waals surface area (Å²) in [6.07, 6.45) is 10.6. The highest BCUT2D eigenvalue weighted by atomic mass is 32.2. The Bertz CT molecular complexity index is 920. The van der Waals surface area contributed by atoms with Gasteiger partial charge in [0.05, 0.1) is 11.9 Å². The van der Waals surface area contributed by atoms with Gasteiger partial charge in [0.2, 0.25) is 0 Å². The first-order valence-corrected chi connectivity index (χ1v) is 12.6. The Morgan fingerprint density at radius 1 is 1.19 bits per heavy atom. The largest absolute Gasteiger partial charge is 0.376 e. The van der Waals surface area contributed by atoms with E-state index in [4.69, 9.17) is 4.74 Å². The molecule has 1 atom stereocenters. The highest BCUT2D eigenvalue weighted by Crippen LogP contribution is 2.33. The molecule has 3 heterocycles. The molecule has 0 spiro atoms. The van der Waals surface area contributed by atoms with Crippen LogP contribution in [0.3, 0.4) is 0 Å². The first kappa shape index (κ1) is 22.3. The lowest BCUT2D eigenvalue weighted by Crippen LogP contribution is -2.17. The van der Waals surface area contributed by atoms with E-state index in [1.807, 2.05) is 19.1 Å². The first-order valence-electron chi connectivity index (χ1n) is 11.6. The van der Waals surface area contributed by atoms with E-state index in [-0.39, 0.29) is 11.9 Å². The molecule has 2 fully saturated rings. The van der Waals surface area contributed by atoms with E-state index in [0.29, 0.717) is 18.2 Å². The van der Waals surface area contributed by atoms with E-state index < -0.39 is 0 Å². The lowest BCUT2D eigenvalue weighted by molar-refractivity contribution is 0.0957. The number of hydrogen-bond acceptors (Lipinski definition) is 5. The molecule has 31 heavy (non-hydrogen) atoms. The van der Waals surface area contributed by atoms with Crippen molar-refractivity contribution in [3.8, 4) is 0 Å². The second-order valence-electron chi connectivity index (χ2n) is 8.82. The number of ketones is 1. The van der Waals surface area contributed by atoms with E-state index in [2.05, 4.69) is 32.8 Å². The zero-order valence-corrected chi connectivity index (χ0v) is 19.6. The Morgan fingerprint density at radius 3 is 2.71 bits per heavy atom. The second kappa shape index (κ2) is 10.2. The molecular weight excluding hydrogens is 408 g/mol. The standard InChI is InChI=1S/C24H34N4O2S/c1-4-12-27-23(19-9-6-5-7-10-19)25-26-24(27)31-16-22(29)21-14-17(2)28(18(21)3)15-20-11-8-13-30-20/h4,14,19-20H,1,5-13,15-16H2,2-3H3. The Hall–Kier alpha value is -1.86. The van der Waals surface area contributed by atoms with E-state index in [1.165, 1.54) is 43.9 Å². The van der Waals surface area contributed by atoms with E-state index in [0.717, 1.165) is 53.9 Å². The third-order valence-electron chi connectivity index (χ3n) is 6.64. The zero-order chi connectivity index (χ0) is 21.8. The van der Waals surface area contributed by atoms with Gasteiger partial charge in [-0.25, -0.2) is 0 Å². The maximum Gasteiger partial charge on any atom is 0.191 e. The van der Waals surface area contributed by atoms with Crippen LogP contribution in [0.25, 0.3) is 0 Å². The average molecular weight is 443 g/mol. The van der Waals surface area contributed by atoms with Gasteiger partial charge in [-0.2, -0.15) is 0 Å². The molecule has 0 N–H and O–H groups in total. The Morgan fingerprint density at radius 2 is 2.00 bits per heavy atom. The molecule has 1 aliphatic carbocycles. The van der Waals surface area contributed by atoms with E-state index >= 15 is 0 Å². The van der Waals surface area contributed by atoms with Crippen LogP contribution in [-0.2, 0) is 17.8 Å². The number of Topliss-reactive ketones (excluding diaryl/α,β-unsaturated/α-hetero) is 1. The molecule has 0 aromatic carbocycles. The monoisotopic (exact) mass is 442 g/mol. The number of rotatable bonds is 9. The molecule has 1 aliphatic heterocycles. The van der Waals surface area contributed by atoms with Gasteiger partial charge in [-0.15, -0.1) is 16.8 Å². The van der Waals surface area contributed by atoms with Crippen molar-refractivity contribution in [3.05, 3.63) is 41.5 Å². The Labute approximate surface area is 189 Å². The lowest BCUT2D eigenvalue weighted by atomic mass is 9.89. The average Bonchev–Trinajstić information content (AvgIpc) is 3.50. The molecule has 0 bridgehead atoms. The van der Waals surface area contributed by atoms with Crippen LogP contribution in [0.1, 0.15) is 78.4 Å². The highest BCUT2D eigenvalue weighted by Gasteiger charge is 2.25. The van der Waals surface area contributed by atoms with Gasteiger partial charge in [0.1, 0.15) is 5.82 Å². The number of carbonyl (C=O) groups is 1. The molecule has 6 nitrogen and oxygen atoms in total. The third kappa shape index (κ3) is 4.98. The number of hydrogen-bond donors (Lipinski definition) is 0. The Kier molecular flexibility index (Phi) is 7.33. The van der Waals surface area contributed by atoms with E-state index in [9.17, 15) is 4.79 Å². The molecular formula is C24H34N4O2S. The van der Waals surface area contributed by atoms with Crippen molar-refractivity contribution < 1.29 is 9.53 Å². The van der Waals surface area contributed by atoms with Gasteiger partial charge < -0.3 is 13.9 Å². The van der Waals surface area contributed by atoms with Crippen LogP contribution >= 0.6 is 11.8 Å². The number of aromatic nitrogens is 4. The summed E-state index contributed by atoms with van der Waals surface area (Å²) in [5.41, 5.74) is 2.97. The fourth-order valence-electron chi connectivity index (χ4n) is 4.93. The minimum absolute atomic E-state index is 0.143. The van der Waals surface area contributed by atoms with Crippen LogP contribution in [0.2, 0.25) is 0 Å². The van der Waals surface area contributed by atoms with Gasteiger partial charge in [-0.3, -0.25) is 4.79 Å². The van der Waals surface area contributed by atoms with Crippen LogP contribution in [0.4, 0.5) is 0 Å². The maximum absolute atomic E-state index is 13.1. The van der Waals surface area contributed by atoms with Crippen molar-refractivity contribution in [2.45, 2.75) is 89.1 Å². The van der Waals surface area contributed by atoms with Crippen LogP contribution in [0.5, 0.6) is 0 Å². The molecule has 2 aromatic rings. The van der Waals surface area contributed by atoms with Crippen LogP contribution in [-0.4, -0.2) is 43.6 Å². The molecule has 2 aliphatic rings. The third-order valence-corrected chi connectivity index (χ3v) is 7.61. The number of thioether (sulfide) groups is 1. The van der Waals surface area contributed by atoms with Gasteiger partial charge >= 0.3 is 0 Å². The minimum atomic E-state index is 0.143. The van der Waals surface area contributed by atoms with E-state index in [1.54, 1.807) is 0 Å². The molecule has 0 amide bonds. The summed E-state index contributed by atoms with van der Waals surface area (Å²) < 4.78 is 10.2. The van der Waals surface area contributed by atoms with Gasteiger partial charge in [0.15, 0.2) is 10.9 Å². The summed E-state index contributed by atoms with van der Waals surface area (Å²) >= 11 is 1.49. The van der Waals surface area contributed by atoms with Crippen LogP contribution < -0.4 is 0 Å². The van der Waals surface area contributed by atoms with Crippen LogP contribution in [0, 0.1) is 13.8 Å². The molecule has 2 aromatic heterocycles. The fourth-order valence-corrected chi connectivity index (χ4v) is 5.77. The van der Waals surface area contributed by atoms with Gasteiger partial charge in [0, 0.05) is 42.6 Å². The van der Waals surface area contributed by atoms with Gasteiger partial charge in [0.25, 0.3) is 0 Å². The molecule has 1 saturated heterocycles. The topological polar surface area (TPSA) is 61.9 Å². The summed E-state index contributed by atoms with van der Waals surface area (Å²) in [7, 11) is 0. The highest BCUT2D eigenvalue weighted by molar-refractivity contribution is 7.99. The number of aryl methyl sites for hydroxylation is 1. The fraction of sp³-hybridized carbons (Fsp3) is 0.625. The summed E-state index contributed by atoms with van der Waals surface area (Å²) in [4.78, 5) is 13.1. The Balaban J connectivity index is 1.45.